The summed E-state index contributed by atoms with van der Waals surface area (Å²) in [5, 5.41) is 7.10. The standard InChI is InChI=1S/C30H29ClFN3O2/c1-30(2)15-24-28(26(36)16-30)29(20-9-11-21(31)12-10-20)35(25-6-4-3-5-23(25)34-24)18-27(37)33-17-19-7-13-22(32)14-8-19/h3-14,29,34H,15-18H2,1-2H3,(H,33,37). The van der Waals surface area contributed by atoms with Crippen LogP contribution in [-0.4, -0.2) is 18.2 Å². The molecule has 2 N–H and O–H groups in total. The van der Waals surface area contributed by atoms with E-state index in [-0.39, 0.29) is 36.0 Å². The molecule has 1 amide bonds. The molecule has 0 aromatic heterocycles. The van der Waals surface area contributed by atoms with Crippen molar-refractivity contribution in [1.29, 1.82) is 0 Å². The number of nitrogens with zero attached hydrogens (tertiary/aromatic N) is 1. The van der Waals surface area contributed by atoms with E-state index in [2.05, 4.69) is 24.5 Å². The lowest BCUT2D eigenvalue weighted by Gasteiger charge is -2.37. The van der Waals surface area contributed by atoms with Crippen LogP contribution in [0.4, 0.5) is 15.8 Å². The number of hydrogen-bond donors (Lipinski definition) is 2. The van der Waals surface area contributed by atoms with Crippen LogP contribution in [0, 0.1) is 11.2 Å². The number of benzene rings is 3. The van der Waals surface area contributed by atoms with Crippen LogP contribution < -0.4 is 15.5 Å². The number of anilines is 2. The first kappa shape index (κ1) is 25.0. The third-order valence-corrected chi connectivity index (χ3v) is 7.16. The number of allylic oxidation sites excluding steroid dienone is 1. The molecule has 0 fully saturated rings. The molecule has 37 heavy (non-hydrogen) atoms. The van der Waals surface area contributed by atoms with Crippen molar-refractivity contribution in [2.75, 3.05) is 16.8 Å². The number of para-hydroxylation sites is 2. The molecule has 2 aliphatic rings. The third-order valence-electron chi connectivity index (χ3n) is 6.91. The SMILES string of the molecule is CC1(C)CC(=O)C2=C(C1)Nc1ccccc1N(CC(=O)NCc1ccc(F)cc1)C2c1ccc(Cl)cc1. The fourth-order valence-electron chi connectivity index (χ4n) is 5.23. The van der Waals surface area contributed by atoms with Gasteiger partial charge in [0.1, 0.15) is 5.82 Å². The van der Waals surface area contributed by atoms with Crippen molar-refractivity contribution in [3.63, 3.8) is 0 Å². The molecule has 3 aromatic rings. The molecule has 1 aliphatic heterocycles. The number of fused-ring (bicyclic) bond motifs is 1. The van der Waals surface area contributed by atoms with E-state index in [1.807, 2.05) is 53.4 Å². The number of Topliss-reactive ketones (excluding diaryl/α,β-unsaturated/α-hetero) is 1. The molecule has 190 valence electrons. The summed E-state index contributed by atoms with van der Waals surface area (Å²) in [6.45, 7) is 4.51. The molecule has 0 radical (unpaired) electrons. The average molecular weight is 518 g/mol. The highest BCUT2D eigenvalue weighted by molar-refractivity contribution is 6.30. The van der Waals surface area contributed by atoms with E-state index < -0.39 is 6.04 Å². The molecule has 0 bridgehead atoms. The number of amides is 1. The lowest BCUT2D eigenvalue weighted by molar-refractivity contribution is -0.120. The van der Waals surface area contributed by atoms with Crippen molar-refractivity contribution in [1.82, 2.24) is 5.32 Å². The maximum atomic E-state index is 13.7. The number of halogens is 2. The highest BCUT2D eigenvalue weighted by atomic mass is 35.5. The van der Waals surface area contributed by atoms with Gasteiger partial charge in [-0.15, -0.1) is 0 Å². The molecule has 1 aliphatic carbocycles. The van der Waals surface area contributed by atoms with Crippen LogP contribution >= 0.6 is 11.6 Å². The smallest absolute Gasteiger partial charge is 0.239 e. The minimum Gasteiger partial charge on any atom is -0.357 e. The van der Waals surface area contributed by atoms with E-state index in [4.69, 9.17) is 11.6 Å². The van der Waals surface area contributed by atoms with Gasteiger partial charge in [-0.05, 0) is 59.4 Å². The number of hydrogen-bond acceptors (Lipinski definition) is 4. The van der Waals surface area contributed by atoms with Crippen LogP contribution in [-0.2, 0) is 16.1 Å². The molecule has 1 unspecified atom stereocenters. The van der Waals surface area contributed by atoms with Crippen molar-refractivity contribution in [2.24, 2.45) is 5.41 Å². The first-order chi connectivity index (χ1) is 17.7. The van der Waals surface area contributed by atoms with E-state index in [1.165, 1.54) is 12.1 Å². The molecular weight excluding hydrogens is 489 g/mol. The van der Waals surface area contributed by atoms with Crippen LogP contribution in [0.5, 0.6) is 0 Å². The van der Waals surface area contributed by atoms with Gasteiger partial charge >= 0.3 is 0 Å². The summed E-state index contributed by atoms with van der Waals surface area (Å²) in [6, 6.07) is 20.8. The van der Waals surface area contributed by atoms with Crippen molar-refractivity contribution in [3.05, 3.63) is 106 Å². The van der Waals surface area contributed by atoms with Gasteiger partial charge in [-0.3, -0.25) is 9.59 Å². The van der Waals surface area contributed by atoms with Crippen LogP contribution in [0.3, 0.4) is 0 Å². The monoisotopic (exact) mass is 517 g/mol. The third kappa shape index (κ3) is 5.39. The van der Waals surface area contributed by atoms with Gasteiger partial charge in [0.25, 0.3) is 0 Å². The summed E-state index contributed by atoms with van der Waals surface area (Å²) >= 11 is 6.20. The summed E-state index contributed by atoms with van der Waals surface area (Å²) in [7, 11) is 0. The molecule has 0 spiro atoms. The van der Waals surface area contributed by atoms with Gasteiger partial charge in [0.2, 0.25) is 5.91 Å². The highest BCUT2D eigenvalue weighted by Crippen LogP contribution is 2.48. The summed E-state index contributed by atoms with van der Waals surface area (Å²) < 4.78 is 13.3. The summed E-state index contributed by atoms with van der Waals surface area (Å²) in [4.78, 5) is 29.0. The van der Waals surface area contributed by atoms with Crippen molar-refractivity contribution in [2.45, 2.75) is 39.3 Å². The van der Waals surface area contributed by atoms with E-state index in [0.29, 0.717) is 17.0 Å². The fourth-order valence-corrected chi connectivity index (χ4v) is 5.36. The summed E-state index contributed by atoms with van der Waals surface area (Å²) in [5.41, 5.74) is 4.77. The zero-order valence-corrected chi connectivity index (χ0v) is 21.6. The van der Waals surface area contributed by atoms with Gasteiger partial charge in [-0.2, -0.15) is 0 Å². The molecule has 1 atom stereocenters. The Morgan fingerprint density at radius 1 is 1.05 bits per heavy atom. The molecule has 1 heterocycles. The lowest BCUT2D eigenvalue weighted by Crippen LogP contribution is -2.41. The fraction of sp³-hybridized carbons (Fsp3) is 0.267. The first-order valence-electron chi connectivity index (χ1n) is 12.4. The van der Waals surface area contributed by atoms with Crippen LogP contribution in [0.15, 0.2) is 84.1 Å². The van der Waals surface area contributed by atoms with Crippen LogP contribution in [0.2, 0.25) is 5.02 Å². The van der Waals surface area contributed by atoms with Crippen molar-refractivity contribution < 1.29 is 14.0 Å². The van der Waals surface area contributed by atoms with Crippen LogP contribution in [0.25, 0.3) is 0 Å². The van der Waals surface area contributed by atoms with Crippen molar-refractivity contribution >= 4 is 34.7 Å². The first-order valence-corrected chi connectivity index (χ1v) is 12.7. The molecule has 7 heteroatoms. The van der Waals surface area contributed by atoms with Gasteiger partial charge in [0.15, 0.2) is 5.78 Å². The van der Waals surface area contributed by atoms with Gasteiger partial charge in [-0.1, -0.05) is 61.8 Å². The van der Waals surface area contributed by atoms with Crippen LogP contribution in [0.1, 0.15) is 43.9 Å². The van der Waals surface area contributed by atoms with E-state index in [1.54, 1.807) is 12.1 Å². The quantitative estimate of drug-likeness (QED) is 0.410. The van der Waals surface area contributed by atoms with Crippen molar-refractivity contribution in [3.8, 4) is 0 Å². The second-order valence-electron chi connectivity index (χ2n) is 10.5. The number of carbonyl (C=O) groups is 2. The second kappa shape index (κ2) is 10.0. The Bertz CT molecular complexity index is 1370. The maximum Gasteiger partial charge on any atom is 0.239 e. The topological polar surface area (TPSA) is 61.4 Å². The zero-order chi connectivity index (χ0) is 26.2. The molecule has 3 aromatic carbocycles. The van der Waals surface area contributed by atoms with E-state index in [0.717, 1.165) is 34.6 Å². The predicted octanol–water partition coefficient (Wildman–Crippen LogP) is 6.41. The molecule has 5 rings (SSSR count). The minimum atomic E-state index is -0.469. The van der Waals surface area contributed by atoms with Gasteiger partial charge < -0.3 is 15.5 Å². The number of ketones is 1. The molecular formula is C30H29ClFN3O2. The Balaban J connectivity index is 1.56. The van der Waals surface area contributed by atoms with Gasteiger partial charge in [-0.25, -0.2) is 4.39 Å². The average Bonchev–Trinajstić information content (AvgIpc) is 2.98. The number of nitrogens with one attached hydrogen (secondary N) is 2. The normalized spacial score (nSPS) is 18.4. The number of rotatable bonds is 5. The van der Waals surface area contributed by atoms with E-state index in [9.17, 15) is 14.0 Å². The number of carbonyl (C=O) groups excluding carboxylic acids is 2. The second-order valence-corrected chi connectivity index (χ2v) is 10.9. The highest BCUT2D eigenvalue weighted by Gasteiger charge is 2.41. The summed E-state index contributed by atoms with van der Waals surface area (Å²) in [6.07, 6.45) is 1.15. The zero-order valence-electron chi connectivity index (χ0n) is 20.9. The Hall–Kier alpha value is -3.64. The largest absolute Gasteiger partial charge is 0.357 e. The maximum absolute atomic E-state index is 13.7. The Kier molecular flexibility index (Phi) is 6.78. The molecule has 5 nitrogen and oxygen atoms in total. The minimum absolute atomic E-state index is 0.0284. The summed E-state index contributed by atoms with van der Waals surface area (Å²) in [5.74, 6) is -0.451. The van der Waals surface area contributed by atoms with E-state index >= 15 is 0 Å². The molecule has 0 saturated carbocycles. The Morgan fingerprint density at radius 2 is 1.76 bits per heavy atom. The Morgan fingerprint density at radius 3 is 2.49 bits per heavy atom. The predicted molar refractivity (Wildman–Crippen MR) is 145 cm³/mol. The molecule has 0 saturated heterocycles. The van der Waals surface area contributed by atoms with Gasteiger partial charge in [0, 0.05) is 29.3 Å². The Labute approximate surface area is 221 Å². The van der Waals surface area contributed by atoms with Gasteiger partial charge in [0.05, 0.1) is 24.0 Å². The lowest BCUT2D eigenvalue weighted by atomic mass is 9.73.